The third-order valence-electron chi connectivity index (χ3n) is 4.74. The van der Waals surface area contributed by atoms with Gasteiger partial charge in [0.15, 0.2) is 0 Å². The van der Waals surface area contributed by atoms with Crippen LogP contribution in [0.3, 0.4) is 0 Å². The van der Waals surface area contributed by atoms with Crippen LogP contribution in [-0.2, 0) is 14.9 Å². The minimum atomic E-state index is -0.701. The molecule has 1 amide bonds. The number of carbonyl (C=O) groups excluding carboxylic acids is 1. The molecule has 0 aromatic heterocycles. The fraction of sp³-hybridized carbons (Fsp3) is 0.588. The number of ether oxygens (including phenoxy) is 2. The van der Waals surface area contributed by atoms with Crippen molar-refractivity contribution in [1.29, 1.82) is 0 Å². The first-order valence-corrected chi connectivity index (χ1v) is 8.88. The van der Waals surface area contributed by atoms with Gasteiger partial charge in [-0.15, -0.1) is 0 Å². The topological polar surface area (TPSA) is 61.6 Å². The summed E-state index contributed by atoms with van der Waals surface area (Å²) in [5.41, 5.74) is 6.22. The Labute approximate surface area is 145 Å². The van der Waals surface area contributed by atoms with Gasteiger partial charge < -0.3 is 15.2 Å². The Morgan fingerprint density at radius 3 is 2.77 bits per heavy atom. The zero-order valence-electron chi connectivity index (χ0n) is 13.2. The number of primary amides is 1. The van der Waals surface area contributed by atoms with E-state index in [-0.39, 0.29) is 17.6 Å². The van der Waals surface area contributed by atoms with Crippen molar-refractivity contribution < 1.29 is 14.3 Å². The second kappa shape index (κ2) is 7.64. The summed E-state index contributed by atoms with van der Waals surface area (Å²) >= 11 is 2.36. The molecule has 2 N–H and O–H groups in total. The predicted octanol–water partition coefficient (Wildman–Crippen LogP) is 3.99. The summed E-state index contributed by atoms with van der Waals surface area (Å²) in [6, 6.07) is 8.29. The lowest BCUT2D eigenvalue weighted by molar-refractivity contribution is -0.0653. The van der Waals surface area contributed by atoms with Crippen LogP contribution in [0.5, 0.6) is 0 Å². The minimum absolute atomic E-state index is 0.00642. The standard InChI is InChI=1S/C17H24INO3/c1-3-14(21-2)17(12-8-4-5-9-13(12)18)11-7-6-10-15(17)22-16(19)20/h4-5,8-9,14-15H,3,6-7,10-11H2,1-2H3,(H2,19,20)/t14?,15-,17-/m0/s1. The van der Waals surface area contributed by atoms with E-state index in [4.69, 9.17) is 15.2 Å². The van der Waals surface area contributed by atoms with Crippen molar-refractivity contribution in [2.75, 3.05) is 7.11 Å². The first-order valence-electron chi connectivity index (χ1n) is 7.80. The Bertz CT molecular complexity index is 518. The van der Waals surface area contributed by atoms with Crippen molar-refractivity contribution in [3.63, 3.8) is 0 Å². The highest BCUT2D eigenvalue weighted by Gasteiger charge is 2.50. The second-order valence-corrected chi connectivity index (χ2v) is 6.99. The zero-order chi connectivity index (χ0) is 16.2. The number of methoxy groups -OCH3 is 1. The van der Waals surface area contributed by atoms with Crippen LogP contribution in [0, 0.1) is 3.57 Å². The van der Waals surface area contributed by atoms with Crippen LogP contribution in [0.15, 0.2) is 24.3 Å². The van der Waals surface area contributed by atoms with Gasteiger partial charge in [0.2, 0.25) is 0 Å². The molecule has 22 heavy (non-hydrogen) atoms. The number of hydrogen-bond acceptors (Lipinski definition) is 3. The minimum Gasteiger partial charge on any atom is -0.445 e. The van der Waals surface area contributed by atoms with Gasteiger partial charge in [0.1, 0.15) is 6.10 Å². The summed E-state index contributed by atoms with van der Waals surface area (Å²) < 4.78 is 12.6. The molecule has 3 atom stereocenters. The van der Waals surface area contributed by atoms with E-state index in [1.165, 1.54) is 9.13 Å². The van der Waals surface area contributed by atoms with Crippen molar-refractivity contribution in [2.45, 2.75) is 56.7 Å². The monoisotopic (exact) mass is 417 g/mol. The quantitative estimate of drug-likeness (QED) is 0.737. The number of halogens is 1. The van der Waals surface area contributed by atoms with Gasteiger partial charge in [-0.1, -0.05) is 31.5 Å². The molecule has 2 rings (SSSR count). The number of benzene rings is 1. The van der Waals surface area contributed by atoms with Gasteiger partial charge in [0.25, 0.3) is 0 Å². The molecule has 1 saturated carbocycles. The van der Waals surface area contributed by atoms with Crippen molar-refractivity contribution in [3.8, 4) is 0 Å². The van der Waals surface area contributed by atoms with Crippen LogP contribution < -0.4 is 5.73 Å². The van der Waals surface area contributed by atoms with Crippen LogP contribution in [0.25, 0.3) is 0 Å². The van der Waals surface area contributed by atoms with Crippen LogP contribution in [0.2, 0.25) is 0 Å². The molecule has 0 radical (unpaired) electrons. The van der Waals surface area contributed by atoms with E-state index in [1.807, 2.05) is 12.1 Å². The molecule has 0 aliphatic heterocycles. The summed E-state index contributed by atoms with van der Waals surface area (Å²) in [5, 5.41) is 0. The Morgan fingerprint density at radius 1 is 1.45 bits per heavy atom. The van der Waals surface area contributed by atoms with Crippen molar-refractivity contribution in [1.82, 2.24) is 0 Å². The predicted molar refractivity (Wildman–Crippen MR) is 94.8 cm³/mol. The molecule has 1 aromatic carbocycles. The fourth-order valence-corrected chi connectivity index (χ4v) is 4.79. The zero-order valence-corrected chi connectivity index (χ0v) is 15.3. The summed E-state index contributed by atoms with van der Waals surface area (Å²) in [7, 11) is 1.74. The third-order valence-corrected chi connectivity index (χ3v) is 5.69. The first kappa shape index (κ1) is 17.5. The van der Waals surface area contributed by atoms with Crippen molar-refractivity contribution in [2.24, 2.45) is 5.73 Å². The number of carbonyl (C=O) groups is 1. The van der Waals surface area contributed by atoms with Gasteiger partial charge >= 0.3 is 6.09 Å². The van der Waals surface area contributed by atoms with Gasteiger partial charge in [0, 0.05) is 10.7 Å². The highest BCUT2D eigenvalue weighted by atomic mass is 127. The van der Waals surface area contributed by atoms with Gasteiger partial charge in [-0.3, -0.25) is 0 Å². The molecule has 1 aliphatic carbocycles. The SMILES string of the molecule is CCC(OC)[C@@]1(c2ccccc2I)CCCC[C@@H]1OC(N)=O. The van der Waals surface area contributed by atoms with E-state index >= 15 is 0 Å². The van der Waals surface area contributed by atoms with E-state index in [9.17, 15) is 4.79 Å². The van der Waals surface area contributed by atoms with Crippen LogP contribution in [-0.4, -0.2) is 25.4 Å². The molecule has 1 aliphatic rings. The molecule has 122 valence electrons. The molecule has 4 nitrogen and oxygen atoms in total. The van der Waals surface area contributed by atoms with E-state index in [2.05, 4.69) is 41.6 Å². The first-order chi connectivity index (χ1) is 10.6. The maximum Gasteiger partial charge on any atom is 0.404 e. The highest BCUT2D eigenvalue weighted by Crippen LogP contribution is 2.47. The molecule has 0 spiro atoms. The molecule has 1 unspecified atom stereocenters. The summed E-state index contributed by atoms with van der Waals surface area (Å²) in [6.45, 7) is 2.11. The Hall–Kier alpha value is -0.820. The average molecular weight is 417 g/mol. The van der Waals surface area contributed by atoms with Gasteiger partial charge in [0.05, 0.1) is 11.5 Å². The fourth-order valence-electron chi connectivity index (χ4n) is 3.90. The number of hydrogen-bond donors (Lipinski definition) is 1. The van der Waals surface area contributed by atoms with E-state index < -0.39 is 6.09 Å². The lowest BCUT2D eigenvalue weighted by Gasteiger charge is -2.48. The Morgan fingerprint density at radius 2 is 2.18 bits per heavy atom. The lowest BCUT2D eigenvalue weighted by Crippen LogP contribution is -2.54. The average Bonchev–Trinajstić information content (AvgIpc) is 2.50. The molecule has 1 aromatic rings. The maximum atomic E-state index is 11.4. The number of nitrogens with two attached hydrogens (primary N) is 1. The van der Waals surface area contributed by atoms with Gasteiger partial charge in [-0.05, 0) is 59.9 Å². The largest absolute Gasteiger partial charge is 0.445 e. The second-order valence-electron chi connectivity index (χ2n) is 5.82. The third kappa shape index (κ3) is 3.25. The number of rotatable bonds is 5. The molecule has 0 heterocycles. The van der Waals surface area contributed by atoms with Crippen molar-refractivity contribution >= 4 is 28.7 Å². The van der Waals surface area contributed by atoms with E-state index in [0.717, 1.165) is 32.1 Å². The van der Waals surface area contributed by atoms with Crippen LogP contribution in [0.1, 0.15) is 44.6 Å². The maximum absolute atomic E-state index is 11.4. The number of amides is 1. The summed E-state index contributed by atoms with van der Waals surface area (Å²) in [5.74, 6) is 0. The smallest absolute Gasteiger partial charge is 0.404 e. The van der Waals surface area contributed by atoms with Gasteiger partial charge in [-0.25, -0.2) is 4.79 Å². The molecule has 5 heteroatoms. The van der Waals surface area contributed by atoms with Crippen LogP contribution >= 0.6 is 22.6 Å². The molecule has 0 bridgehead atoms. The Kier molecular flexibility index (Phi) is 6.09. The molecule has 0 saturated heterocycles. The molecule has 1 fully saturated rings. The summed E-state index contributed by atoms with van der Waals surface area (Å²) in [4.78, 5) is 11.4. The van der Waals surface area contributed by atoms with E-state index in [0.29, 0.717) is 0 Å². The summed E-state index contributed by atoms with van der Waals surface area (Å²) in [6.07, 6.45) is 3.83. The van der Waals surface area contributed by atoms with Crippen LogP contribution in [0.4, 0.5) is 4.79 Å². The molecular formula is C17H24INO3. The Balaban J connectivity index is 2.57. The molecular weight excluding hydrogens is 393 g/mol. The van der Waals surface area contributed by atoms with E-state index in [1.54, 1.807) is 7.11 Å². The normalized spacial score (nSPS) is 26.4. The van der Waals surface area contributed by atoms with Crippen molar-refractivity contribution in [3.05, 3.63) is 33.4 Å². The van der Waals surface area contributed by atoms with Gasteiger partial charge in [-0.2, -0.15) is 0 Å². The lowest BCUT2D eigenvalue weighted by atomic mass is 9.63. The highest BCUT2D eigenvalue weighted by molar-refractivity contribution is 14.1.